The van der Waals surface area contributed by atoms with Crippen LogP contribution in [-0.4, -0.2) is 18.6 Å². The summed E-state index contributed by atoms with van der Waals surface area (Å²) >= 11 is 0. The highest BCUT2D eigenvalue weighted by Gasteiger charge is 2.06. The largest absolute Gasteiger partial charge is 0.481 e. The molecule has 0 spiro atoms. The van der Waals surface area contributed by atoms with Crippen molar-refractivity contribution in [2.24, 2.45) is 4.99 Å². The fourth-order valence-electron chi connectivity index (χ4n) is 1.51. The van der Waals surface area contributed by atoms with E-state index >= 15 is 0 Å². The van der Waals surface area contributed by atoms with Crippen molar-refractivity contribution in [3.05, 3.63) is 35.9 Å². The van der Waals surface area contributed by atoms with E-state index in [0.29, 0.717) is 18.9 Å². The summed E-state index contributed by atoms with van der Waals surface area (Å²) in [6, 6.07) is 9.52. The Balaban J connectivity index is 2.46. The molecule has 4 heteroatoms. The van der Waals surface area contributed by atoms with Gasteiger partial charge in [-0.05, 0) is 18.9 Å². The second kappa shape index (κ2) is 9.14. The molecule has 1 amide bonds. The van der Waals surface area contributed by atoms with Crippen molar-refractivity contribution in [1.29, 1.82) is 0 Å². The van der Waals surface area contributed by atoms with Gasteiger partial charge in [0.05, 0.1) is 6.61 Å². The van der Waals surface area contributed by atoms with E-state index in [0.717, 1.165) is 18.4 Å². The Morgan fingerprint density at radius 1 is 1.16 bits per heavy atom. The van der Waals surface area contributed by atoms with Crippen molar-refractivity contribution in [3.8, 4) is 0 Å². The summed E-state index contributed by atoms with van der Waals surface area (Å²) in [4.78, 5) is 15.4. The van der Waals surface area contributed by atoms with E-state index in [4.69, 9.17) is 9.47 Å². The molecule has 1 aromatic rings. The number of aliphatic imine (C=N–C) groups is 1. The van der Waals surface area contributed by atoms with E-state index in [1.807, 2.05) is 37.3 Å². The van der Waals surface area contributed by atoms with Crippen LogP contribution in [0.5, 0.6) is 0 Å². The molecule has 0 saturated carbocycles. The molecule has 0 fully saturated rings. The minimum atomic E-state index is -0.594. The fourth-order valence-corrected chi connectivity index (χ4v) is 1.51. The first-order chi connectivity index (χ1) is 9.26. The van der Waals surface area contributed by atoms with E-state index in [2.05, 4.69) is 11.9 Å². The summed E-state index contributed by atoms with van der Waals surface area (Å²) in [6.45, 7) is 4.69. The number of amides is 1. The van der Waals surface area contributed by atoms with Crippen LogP contribution in [-0.2, 0) is 16.1 Å². The monoisotopic (exact) mass is 263 g/mol. The number of hydrogen-bond donors (Lipinski definition) is 0. The molecule has 19 heavy (non-hydrogen) atoms. The number of nitrogens with zero attached hydrogens (tertiary/aromatic N) is 1. The van der Waals surface area contributed by atoms with Gasteiger partial charge < -0.3 is 9.47 Å². The molecule has 0 bridgehead atoms. The number of hydrogen-bond acceptors (Lipinski definition) is 3. The van der Waals surface area contributed by atoms with Gasteiger partial charge in [0.2, 0.25) is 0 Å². The second-order valence-electron chi connectivity index (χ2n) is 4.08. The van der Waals surface area contributed by atoms with Crippen LogP contribution >= 0.6 is 0 Å². The van der Waals surface area contributed by atoms with E-state index in [1.54, 1.807) is 0 Å². The maximum Gasteiger partial charge on any atom is 0.436 e. The summed E-state index contributed by atoms with van der Waals surface area (Å²) in [6.07, 6.45) is 2.06. The number of rotatable bonds is 6. The molecule has 0 aliphatic heterocycles. The van der Waals surface area contributed by atoms with E-state index < -0.39 is 6.09 Å². The van der Waals surface area contributed by atoms with Crippen molar-refractivity contribution >= 4 is 12.0 Å². The predicted octanol–water partition coefficient (Wildman–Crippen LogP) is 3.95. The highest BCUT2D eigenvalue weighted by Crippen LogP contribution is 2.04. The number of carbonyl (C=O) groups is 1. The third kappa shape index (κ3) is 6.60. The molecule has 0 aliphatic rings. The zero-order chi connectivity index (χ0) is 13.9. The first kappa shape index (κ1) is 15.2. The lowest BCUT2D eigenvalue weighted by atomic mass is 10.2. The molecule has 0 saturated heterocycles. The zero-order valence-corrected chi connectivity index (χ0v) is 11.6. The summed E-state index contributed by atoms with van der Waals surface area (Å²) in [7, 11) is 0. The Kier molecular flexibility index (Phi) is 7.32. The normalized spacial score (nSPS) is 11.2. The van der Waals surface area contributed by atoms with Crippen LogP contribution in [0.4, 0.5) is 4.79 Å². The van der Waals surface area contributed by atoms with Crippen LogP contribution < -0.4 is 0 Å². The molecular weight excluding hydrogens is 242 g/mol. The number of ether oxygens (including phenoxy) is 2. The van der Waals surface area contributed by atoms with Crippen molar-refractivity contribution in [2.75, 3.05) is 6.61 Å². The Hall–Kier alpha value is -1.84. The molecular formula is C15H21NO3. The number of unbranched alkanes of at least 4 members (excludes halogenated alkanes) is 1. The van der Waals surface area contributed by atoms with Gasteiger partial charge in [0, 0.05) is 6.42 Å². The third-order valence-electron chi connectivity index (χ3n) is 2.48. The van der Waals surface area contributed by atoms with Crippen LogP contribution in [0, 0.1) is 0 Å². The molecule has 0 aromatic heterocycles. The van der Waals surface area contributed by atoms with Crippen LogP contribution in [0.3, 0.4) is 0 Å². The van der Waals surface area contributed by atoms with Crippen molar-refractivity contribution in [3.63, 3.8) is 0 Å². The number of benzene rings is 1. The topological polar surface area (TPSA) is 47.9 Å². The number of carbonyl (C=O) groups excluding carboxylic acids is 1. The van der Waals surface area contributed by atoms with Gasteiger partial charge in [-0.15, -0.1) is 4.99 Å². The van der Waals surface area contributed by atoms with Crippen molar-refractivity contribution < 1.29 is 14.3 Å². The van der Waals surface area contributed by atoms with Crippen LogP contribution in [0.15, 0.2) is 35.3 Å². The molecule has 4 nitrogen and oxygen atoms in total. The molecule has 0 atom stereocenters. The summed E-state index contributed by atoms with van der Waals surface area (Å²) in [5.74, 6) is 0.461. The average molecular weight is 263 g/mol. The van der Waals surface area contributed by atoms with Crippen LogP contribution in [0.2, 0.25) is 0 Å². The lowest BCUT2D eigenvalue weighted by Gasteiger charge is -2.06. The molecule has 0 heterocycles. The fraction of sp³-hybridized carbons (Fsp3) is 0.467. The van der Waals surface area contributed by atoms with Gasteiger partial charge in [0.25, 0.3) is 0 Å². The average Bonchev–Trinajstić information content (AvgIpc) is 2.44. The summed E-state index contributed by atoms with van der Waals surface area (Å²) in [5.41, 5.74) is 0.942. The Morgan fingerprint density at radius 2 is 1.89 bits per heavy atom. The van der Waals surface area contributed by atoms with E-state index in [-0.39, 0.29) is 6.61 Å². The highest BCUT2D eigenvalue weighted by atomic mass is 16.6. The maximum absolute atomic E-state index is 11.6. The maximum atomic E-state index is 11.6. The van der Waals surface area contributed by atoms with Gasteiger partial charge in [-0.25, -0.2) is 4.79 Å². The van der Waals surface area contributed by atoms with Crippen molar-refractivity contribution in [2.45, 2.75) is 39.7 Å². The SMILES string of the molecule is CCCCC(=NC(=O)OCc1ccccc1)OCC. The third-order valence-corrected chi connectivity index (χ3v) is 2.48. The van der Waals surface area contributed by atoms with Gasteiger partial charge in [-0.1, -0.05) is 43.7 Å². The van der Waals surface area contributed by atoms with Crippen LogP contribution in [0.1, 0.15) is 38.7 Å². The minimum Gasteiger partial charge on any atom is -0.481 e. The lowest BCUT2D eigenvalue weighted by Crippen LogP contribution is -2.09. The van der Waals surface area contributed by atoms with Gasteiger partial charge >= 0.3 is 6.09 Å². The van der Waals surface area contributed by atoms with Gasteiger partial charge in [0.15, 0.2) is 5.90 Å². The Bertz CT molecular complexity index is 401. The Labute approximate surface area is 114 Å². The van der Waals surface area contributed by atoms with Crippen molar-refractivity contribution in [1.82, 2.24) is 0 Å². The van der Waals surface area contributed by atoms with Crippen LogP contribution in [0.25, 0.3) is 0 Å². The lowest BCUT2D eigenvalue weighted by molar-refractivity contribution is 0.149. The molecule has 0 unspecified atom stereocenters. The summed E-state index contributed by atoms with van der Waals surface area (Å²) < 4.78 is 10.4. The summed E-state index contributed by atoms with van der Waals surface area (Å²) in [5, 5.41) is 0. The predicted molar refractivity (Wildman–Crippen MR) is 75.2 cm³/mol. The van der Waals surface area contributed by atoms with Gasteiger partial charge in [0.1, 0.15) is 6.61 Å². The molecule has 1 rings (SSSR count). The first-order valence-corrected chi connectivity index (χ1v) is 6.67. The molecule has 0 N–H and O–H groups in total. The quantitative estimate of drug-likeness (QED) is 0.576. The van der Waals surface area contributed by atoms with Gasteiger partial charge in [-0.2, -0.15) is 0 Å². The van der Waals surface area contributed by atoms with Gasteiger partial charge in [-0.3, -0.25) is 0 Å². The smallest absolute Gasteiger partial charge is 0.436 e. The van der Waals surface area contributed by atoms with E-state index in [9.17, 15) is 4.79 Å². The molecule has 1 aromatic carbocycles. The highest BCUT2D eigenvalue weighted by molar-refractivity contribution is 5.87. The zero-order valence-electron chi connectivity index (χ0n) is 11.6. The minimum absolute atomic E-state index is 0.232. The standard InChI is InChI=1S/C15H21NO3/c1-3-5-11-14(18-4-2)16-15(17)19-12-13-9-7-6-8-10-13/h6-10H,3-5,11-12H2,1-2H3. The van der Waals surface area contributed by atoms with E-state index in [1.165, 1.54) is 0 Å². The molecule has 0 radical (unpaired) electrons. The Morgan fingerprint density at radius 3 is 2.53 bits per heavy atom. The molecule has 0 aliphatic carbocycles. The first-order valence-electron chi connectivity index (χ1n) is 6.67. The second-order valence-corrected chi connectivity index (χ2v) is 4.08. The molecule has 104 valence electrons.